The van der Waals surface area contributed by atoms with E-state index >= 15 is 0 Å². The van der Waals surface area contributed by atoms with Gasteiger partial charge in [0.15, 0.2) is 5.43 Å². The molecule has 2 nitrogen and oxygen atoms in total. The van der Waals surface area contributed by atoms with E-state index in [1.165, 1.54) is 0 Å². The van der Waals surface area contributed by atoms with E-state index in [4.69, 9.17) is 4.42 Å². The van der Waals surface area contributed by atoms with Crippen LogP contribution in [0.2, 0.25) is 0 Å². The first-order valence-electron chi connectivity index (χ1n) is 4.82. The van der Waals surface area contributed by atoms with Crippen molar-refractivity contribution in [2.45, 2.75) is 39.5 Å². The molecule has 1 aliphatic rings. The van der Waals surface area contributed by atoms with Crippen molar-refractivity contribution in [1.82, 2.24) is 0 Å². The molecule has 13 heavy (non-hydrogen) atoms. The predicted octanol–water partition coefficient (Wildman–Crippen LogP) is 2.14. The van der Waals surface area contributed by atoms with Crippen molar-refractivity contribution in [2.75, 3.05) is 0 Å². The van der Waals surface area contributed by atoms with E-state index in [-0.39, 0.29) is 5.43 Å². The molecule has 0 aliphatic heterocycles. The largest absolute Gasteiger partial charge is 0.466 e. The van der Waals surface area contributed by atoms with E-state index in [1.807, 2.05) is 13.8 Å². The van der Waals surface area contributed by atoms with Crippen molar-refractivity contribution in [2.24, 2.45) is 0 Å². The van der Waals surface area contributed by atoms with Gasteiger partial charge in [-0.05, 0) is 33.1 Å². The molecule has 0 spiro atoms. The molecule has 1 aromatic heterocycles. The maximum absolute atomic E-state index is 11.8. The van der Waals surface area contributed by atoms with Crippen LogP contribution in [0.15, 0.2) is 9.21 Å². The summed E-state index contributed by atoms with van der Waals surface area (Å²) in [6, 6.07) is 0. The van der Waals surface area contributed by atoms with E-state index < -0.39 is 0 Å². The van der Waals surface area contributed by atoms with Crippen LogP contribution in [0.25, 0.3) is 0 Å². The molecule has 1 aromatic rings. The minimum absolute atomic E-state index is 0.207. The average Bonchev–Trinajstić information content (AvgIpc) is 2.15. The van der Waals surface area contributed by atoms with Crippen molar-refractivity contribution in [1.29, 1.82) is 0 Å². The van der Waals surface area contributed by atoms with Gasteiger partial charge >= 0.3 is 0 Å². The molecule has 0 fully saturated rings. The molecule has 0 N–H and O–H groups in total. The van der Waals surface area contributed by atoms with Crippen molar-refractivity contribution < 1.29 is 4.42 Å². The van der Waals surface area contributed by atoms with Crippen LogP contribution in [0.5, 0.6) is 0 Å². The number of hydrogen-bond donors (Lipinski definition) is 0. The zero-order valence-electron chi connectivity index (χ0n) is 8.14. The lowest BCUT2D eigenvalue weighted by molar-refractivity contribution is 0.427. The summed E-state index contributed by atoms with van der Waals surface area (Å²) in [7, 11) is 0. The monoisotopic (exact) mass is 178 g/mol. The van der Waals surface area contributed by atoms with Crippen LogP contribution >= 0.6 is 0 Å². The highest BCUT2D eigenvalue weighted by atomic mass is 16.3. The van der Waals surface area contributed by atoms with Crippen LogP contribution in [0.3, 0.4) is 0 Å². The second kappa shape index (κ2) is 3.02. The maximum Gasteiger partial charge on any atom is 0.191 e. The average molecular weight is 178 g/mol. The molecular formula is C11H14O2. The van der Waals surface area contributed by atoms with E-state index in [2.05, 4.69) is 0 Å². The van der Waals surface area contributed by atoms with Crippen molar-refractivity contribution in [3.8, 4) is 0 Å². The molecule has 0 saturated carbocycles. The van der Waals surface area contributed by atoms with Gasteiger partial charge in [0, 0.05) is 17.5 Å². The van der Waals surface area contributed by atoms with Gasteiger partial charge < -0.3 is 4.42 Å². The summed E-state index contributed by atoms with van der Waals surface area (Å²) in [6.45, 7) is 3.71. The lowest BCUT2D eigenvalue weighted by Gasteiger charge is -2.14. The van der Waals surface area contributed by atoms with Crippen molar-refractivity contribution in [3.05, 3.63) is 32.9 Å². The molecule has 0 atom stereocenters. The predicted molar refractivity (Wildman–Crippen MR) is 51.1 cm³/mol. The summed E-state index contributed by atoms with van der Waals surface area (Å²) < 4.78 is 5.61. The fourth-order valence-electron chi connectivity index (χ4n) is 1.88. The molecule has 2 heteroatoms. The summed E-state index contributed by atoms with van der Waals surface area (Å²) in [5.41, 5.74) is 1.91. The van der Waals surface area contributed by atoms with Gasteiger partial charge in [-0.2, -0.15) is 0 Å². The zero-order chi connectivity index (χ0) is 9.42. The smallest absolute Gasteiger partial charge is 0.191 e. The van der Waals surface area contributed by atoms with Crippen molar-refractivity contribution >= 4 is 0 Å². The highest BCUT2D eigenvalue weighted by Crippen LogP contribution is 2.20. The van der Waals surface area contributed by atoms with Gasteiger partial charge in [0.25, 0.3) is 0 Å². The Kier molecular flexibility index (Phi) is 1.98. The third kappa shape index (κ3) is 1.30. The van der Waals surface area contributed by atoms with E-state index in [9.17, 15) is 4.79 Å². The SMILES string of the molecule is Cc1oc2c(c(=O)c1C)CCCC2. The Morgan fingerprint density at radius 1 is 1.15 bits per heavy atom. The topological polar surface area (TPSA) is 30.2 Å². The van der Waals surface area contributed by atoms with Gasteiger partial charge in [0.1, 0.15) is 11.5 Å². The van der Waals surface area contributed by atoms with E-state index in [0.717, 1.165) is 48.3 Å². The Morgan fingerprint density at radius 3 is 2.62 bits per heavy atom. The third-order valence-corrected chi connectivity index (χ3v) is 2.84. The summed E-state index contributed by atoms with van der Waals surface area (Å²) in [6.07, 6.45) is 4.11. The normalized spacial score (nSPS) is 15.5. The van der Waals surface area contributed by atoms with Crippen LogP contribution in [0, 0.1) is 13.8 Å². The second-order valence-corrected chi connectivity index (χ2v) is 3.72. The van der Waals surface area contributed by atoms with Gasteiger partial charge in [-0.15, -0.1) is 0 Å². The lowest BCUT2D eigenvalue weighted by atomic mass is 9.95. The van der Waals surface area contributed by atoms with Crippen LogP contribution in [-0.4, -0.2) is 0 Å². The van der Waals surface area contributed by atoms with Crippen LogP contribution < -0.4 is 5.43 Å². The first kappa shape index (κ1) is 8.54. The standard InChI is InChI=1S/C11H14O2/c1-7-8(2)13-10-6-4-3-5-9(10)11(7)12/h3-6H2,1-2H3. The summed E-state index contributed by atoms with van der Waals surface area (Å²) in [5, 5.41) is 0. The molecule has 70 valence electrons. The maximum atomic E-state index is 11.8. The fourth-order valence-corrected chi connectivity index (χ4v) is 1.88. The second-order valence-electron chi connectivity index (χ2n) is 3.72. The minimum Gasteiger partial charge on any atom is -0.466 e. The molecular weight excluding hydrogens is 164 g/mol. The molecule has 0 bridgehead atoms. The van der Waals surface area contributed by atoms with Gasteiger partial charge in [-0.1, -0.05) is 0 Å². The highest BCUT2D eigenvalue weighted by molar-refractivity contribution is 5.27. The Balaban J connectivity index is 2.68. The van der Waals surface area contributed by atoms with Gasteiger partial charge in [-0.25, -0.2) is 0 Å². The quantitative estimate of drug-likeness (QED) is 0.609. The van der Waals surface area contributed by atoms with Gasteiger partial charge in [0.05, 0.1) is 0 Å². The Hall–Kier alpha value is -1.05. The van der Waals surface area contributed by atoms with Gasteiger partial charge in [0.2, 0.25) is 0 Å². The third-order valence-electron chi connectivity index (χ3n) is 2.84. The highest BCUT2D eigenvalue weighted by Gasteiger charge is 2.17. The molecule has 0 radical (unpaired) electrons. The Morgan fingerprint density at radius 2 is 1.85 bits per heavy atom. The molecule has 0 unspecified atom stereocenters. The van der Waals surface area contributed by atoms with E-state index in [1.54, 1.807) is 0 Å². The molecule has 2 rings (SSSR count). The van der Waals surface area contributed by atoms with Crippen LogP contribution in [0.4, 0.5) is 0 Å². The van der Waals surface area contributed by atoms with Crippen LogP contribution in [0.1, 0.15) is 35.5 Å². The summed E-state index contributed by atoms with van der Waals surface area (Å²) in [4.78, 5) is 11.8. The van der Waals surface area contributed by atoms with E-state index in [0.29, 0.717) is 0 Å². The van der Waals surface area contributed by atoms with Gasteiger partial charge in [-0.3, -0.25) is 4.79 Å². The molecule has 1 heterocycles. The minimum atomic E-state index is 0.207. The van der Waals surface area contributed by atoms with Crippen molar-refractivity contribution in [3.63, 3.8) is 0 Å². The summed E-state index contributed by atoms with van der Waals surface area (Å²) in [5.74, 6) is 1.71. The molecule has 0 amide bonds. The first-order chi connectivity index (χ1) is 6.20. The molecule has 0 aromatic carbocycles. The fraction of sp³-hybridized carbons (Fsp3) is 0.545. The lowest BCUT2D eigenvalue weighted by Crippen LogP contribution is -2.19. The molecule has 0 saturated heterocycles. The Bertz CT molecular complexity index is 388. The molecule has 1 aliphatic carbocycles. The number of aryl methyl sites for hydroxylation is 2. The first-order valence-corrected chi connectivity index (χ1v) is 4.82. The zero-order valence-corrected chi connectivity index (χ0v) is 8.14. The summed E-state index contributed by atoms with van der Waals surface area (Å²) >= 11 is 0. The number of rotatable bonds is 0. The number of fused-ring (bicyclic) bond motifs is 1. The van der Waals surface area contributed by atoms with Crippen LogP contribution in [-0.2, 0) is 12.8 Å². The Labute approximate surface area is 77.6 Å². The number of hydrogen-bond acceptors (Lipinski definition) is 2.